The number of hydrogen-bond acceptors (Lipinski definition) is 5. The van der Waals surface area contributed by atoms with Crippen LogP contribution in [0.15, 0.2) is 54.7 Å². The Bertz CT molecular complexity index is 1040. The summed E-state index contributed by atoms with van der Waals surface area (Å²) in [4.78, 5) is 8.03. The number of aryl methyl sites for hydroxylation is 1. The van der Waals surface area contributed by atoms with E-state index in [9.17, 15) is 13.2 Å². The molecule has 182 valence electrons. The van der Waals surface area contributed by atoms with Crippen molar-refractivity contribution in [2.45, 2.75) is 58.5 Å². The van der Waals surface area contributed by atoms with E-state index in [2.05, 4.69) is 34.4 Å². The number of nitrogens with zero attached hydrogens (tertiary/aromatic N) is 2. The number of nitrogens with one attached hydrogen (secondary N) is 2. The van der Waals surface area contributed by atoms with Crippen LogP contribution in [0.4, 0.5) is 36.3 Å². The molecule has 0 amide bonds. The number of alkyl halides is 3. The van der Waals surface area contributed by atoms with Crippen LogP contribution in [-0.4, -0.2) is 16.6 Å². The Morgan fingerprint density at radius 3 is 2.35 bits per heavy atom. The average molecular weight is 473 g/mol. The second-order valence-corrected chi connectivity index (χ2v) is 8.06. The molecule has 3 aromatic rings. The molecule has 2 aromatic carbocycles. The second-order valence-electron chi connectivity index (χ2n) is 8.06. The molecule has 2 N–H and O–H groups in total. The summed E-state index contributed by atoms with van der Waals surface area (Å²) >= 11 is 0. The van der Waals surface area contributed by atoms with Crippen LogP contribution in [-0.2, 0) is 12.6 Å². The van der Waals surface area contributed by atoms with E-state index in [1.165, 1.54) is 5.56 Å². The predicted octanol–water partition coefficient (Wildman–Crippen LogP) is 7.89. The van der Waals surface area contributed by atoms with Crippen molar-refractivity contribution >= 4 is 23.1 Å². The lowest BCUT2D eigenvalue weighted by Gasteiger charge is -2.17. The third-order valence-corrected chi connectivity index (χ3v) is 5.24. The van der Waals surface area contributed by atoms with Crippen LogP contribution in [0.3, 0.4) is 0 Å². The molecule has 0 aliphatic heterocycles. The maximum Gasteiger partial charge on any atom is 0.421 e. The molecule has 0 aliphatic carbocycles. The summed E-state index contributed by atoms with van der Waals surface area (Å²) in [6.45, 7) is 4.73. The Labute approximate surface area is 198 Å². The van der Waals surface area contributed by atoms with Gasteiger partial charge in [-0.3, -0.25) is 0 Å². The van der Waals surface area contributed by atoms with Gasteiger partial charge in [0.25, 0.3) is 0 Å². The van der Waals surface area contributed by atoms with E-state index in [0.717, 1.165) is 44.7 Å². The number of rotatable bonds is 12. The fraction of sp³-hybridized carbons (Fsp3) is 0.385. The minimum atomic E-state index is -4.61. The molecule has 5 nitrogen and oxygen atoms in total. The Kier molecular flexibility index (Phi) is 9.13. The highest BCUT2D eigenvalue weighted by Gasteiger charge is 2.35. The average Bonchev–Trinajstić information content (AvgIpc) is 2.81. The molecule has 0 atom stereocenters. The fourth-order valence-electron chi connectivity index (χ4n) is 3.45. The minimum absolute atomic E-state index is 0.0664. The fourth-order valence-corrected chi connectivity index (χ4v) is 3.45. The Balaban J connectivity index is 1.81. The molecule has 34 heavy (non-hydrogen) atoms. The van der Waals surface area contributed by atoms with E-state index in [0.29, 0.717) is 23.7 Å². The van der Waals surface area contributed by atoms with Gasteiger partial charge in [-0.05, 0) is 42.7 Å². The zero-order valence-corrected chi connectivity index (χ0v) is 19.6. The Hall–Kier alpha value is -3.29. The van der Waals surface area contributed by atoms with Crippen LogP contribution in [0.25, 0.3) is 0 Å². The minimum Gasteiger partial charge on any atom is -0.491 e. The van der Waals surface area contributed by atoms with Crippen LogP contribution >= 0.6 is 0 Å². The maximum absolute atomic E-state index is 13.7. The standard InChI is InChI=1S/C26H31F3N4O/c1-3-5-6-9-17-34-23-12-8-7-11-22(23)32-24-21(26(27,28)29)18-30-25(33-24)31-20-15-13-19(10-4-2)14-16-20/h7-8,11-16,18H,3-6,9-10,17H2,1-2H3,(H2,30,31,32,33). The van der Waals surface area contributed by atoms with Crippen molar-refractivity contribution in [1.82, 2.24) is 9.97 Å². The number of halogens is 3. The molecule has 0 radical (unpaired) electrons. The highest BCUT2D eigenvalue weighted by Crippen LogP contribution is 2.37. The smallest absolute Gasteiger partial charge is 0.421 e. The summed E-state index contributed by atoms with van der Waals surface area (Å²) < 4.78 is 46.9. The van der Waals surface area contributed by atoms with Gasteiger partial charge in [0.1, 0.15) is 17.1 Å². The topological polar surface area (TPSA) is 59.1 Å². The molecular weight excluding hydrogens is 441 g/mol. The van der Waals surface area contributed by atoms with Crippen molar-refractivity contribution in [1.29, 1.82) is 0 Å². The molecule has 0 bridgehead atoms. The Morgan fingerprint density at radius 1 is 0.882 bits per heavy atom. The normalized spacial score (nSPS) is 11.3. The molecule has 0 saturated carbocycles. The van der Waals surface area contributed by atoms with Crippen LogP contribution < -0.4 is 15.4 Å². The first kappa shape index (κ1) is 25.3. The zero-order valence-electron chi connectivity index (χ0n) is 19.6. The predicted molar refractivity (Wildman–Crippen MR) is 130 cm³/mol. The third kappa shape index (κ3) is 7.37. The first-order valence-corrected chi connectivity index (χ1v) is 11.7. The van der Waals surface area contributed by atoms with E-state index in [-0.39, 0.29) is 11.8 Å². The van der Waals surface area contributed by atoms with Gasteiger partial charge >= 0.3 is 6.18 Å². The first-order valence-electron chi connectivity index (χ1n) is 11.7. The molecule has 0 aliphatic rings. The summed E-state index contributed by atoms with van der Waals surface area (Å²) in [7, 11) is 0. The number of anilines is 4. The first-order chi connectivity index (χ1) is 16.4. The van der Waals surface area contributed by atoms with Gasteiger partial charge in [0.15, 0.2) is 0 Å². The van der Waals surface area contributed by atoms with Gasteiger partial charge in [0, 0.05) is 11.9 Å². The number of unbranched alkanes of at least 4 members (excludes halogenated alkanes) is 3. The van der Waals surface area contributed by atoms with Crippen molar-refractivity contribution in [3.8, 4) is 5.75 Å². The number of ether oxygens (including phenoxy) is 1. The molecule has 3 rings (SSSR count). The zero-order chi connectivity index (χ0) is 24.4. The number of para-hydroxylation sites is 2. The SMILES string of the molecule is CCCCCCOc1ccccc1Nc1nc(Nc2ccc(CCC)cc2)ncc1C(F)(F)F. The summed E-state index contributed by atoms with van der Waals surface area (Å²) in [6.07, 6.45) is 2.34. The van der Waals surface area contributed by atoms with Gasteiger partial charge in [-0.25, -0.2) is 4.98 Å². The quantitative estimate of drug-likeness (QED) is 0.262. The van der Waals surface area contributed by atoms with Gasteiger partial charge in [0.05, 0.1) is 12.3 Å². The largest absolute Gasteiger partial charge is 0.491 e. The van der Waals surface area contributed by atoms with Crippen molar-refractivity contribution in [3.05, 3.63) is 65.9 Å². The van der Waals surface area contributed by atoms with Gasteiger partial charge in [0.2, 0.25) is 5.95 Å². The molecule has 0 spiro atoms. The molecule has 0 unspecified atom stereocenters. The van der Waals surface area contributed by atoms with Gasteiger partial charge < -0.3 is 15.4 Å². The lowest BCUT2D eigenvalue weighted by molar-refractivity contribution is -0.137. The molecular formula is C26H31F3N4O. The van der Waals surface area contributed by atoms with Crippen LogP contribution in [0.5, 0.6) is 5.75 Å². The number of hydrogen-bond donors (Lipinski definition) is 2. The van der Waals surface area contributed by atoms with E-state index in [4.69, 9.17) is 4.74 Å². The van der Waals surface area contributed by atoms with Gasteiger partial charge in [-0.15, -0.1) is 0 Å². The molecule has 0 saturated heterocycles. The lowest BCUT2D eigenvalue weighted by atomic mass is 10.1. The van der Waals surface area contributed by atoms with E-state index in [1.807, 2.05) is 24.3 Å². The van der Waals surface area contributed by atoms with Crippen LogP contribution in [0.1, 0.15) is 57.1 Å². The van der Waals surface area contributed by atoms with Crippen molar-refractivity contribution < 1.29 is 17.9 Å². The van der Waals surface area contributed by atoms with E-state index >= 15 is 0 Å². The van der Waals surface area contributed by atoms with Crippen LogP contribution in [0.2, 0.25) is 0 Å². The second kappa shape index (κ2) is 12.3. The summed E-state index contributed by atoms with van der Waals surface area (Å²) in [6, 6.07) is 14.6. The van der Waals surface area contributed by atoms with Crippen molar-refractivity contribution in [2.24, 2.45) is 0 Å². The van der Waals surface area contributed by atoms with Crippen molar-refractivity contribution in [2.75, 3.05) is 17.2 Å². The number of aromatic nitrogens is 2. The lowest BCUT2D eigenvalue weighted by Crippen LogP contribution is -2.13. The summed E-state index contributed by atoms with van der Waals surface area (Å²) in [5.74, 6) is 0.207. The molecule has 8 heteroatoms. The van der Waals surface area contributed by atoms with Crippen molar-refractivity contribution in [3.63, 3.8) is 0 Å². The van der Waals surface area contributed by atoms with Gasteiger partial charge in [-0.2, -0.15) is 18.2 Å². The van der Waals surface area contributed by atoms with Gasteiger partial charge in [-0.1, -0.05) is 63.8 Å². The highest BCUT2D eigenvalue weighted by atomic mass is 19.4. The monoisotopic (exact) mass is 472 g/mol. The third-order valence-electron chi connectivity index (χ3n) is 5.24. The Morgan fingerprint density at radius 2 is 1.65 bits per heavy atom. The number of benzene rings is 2. The molecule has 1 heterocycles. The van der Waals surface area contributed by atoms with E-state index in [1.54, 1.807) is 24.3 Å². The molecule has 1 aromatic heterocycles. The summed E-state index contributed by atoms with van der Waals surface area (Å²) in [5, 5.41) is 5.80. The van der Waals surface area contributed by atoms with E-state index < -0.39 is 11.7 Å². The molecule has 0 fully saturated rings. The highest BCUT2D eigenvalue weighted by molar-refractivity contribution is 5.67. The summed E-state index contributed by atoms with van der Waals surface area (Å²) in [5.41, 5.74) is 1.35. The maximum atomic E-state index is 13.7. The van der Waals surface area contributed by atoms with Crippen LogP contribution in [0, 0.1) is 0 Å².